The Morgan fingerprint density at radius 2 is 1.96 bits per heavy atom. The minimum atomic E-state index is -0.510. The number of carbonyl (C=O) groups excluding carboxylic acids is 2. The van der Waals surface area contributed by atoms with Crippen molar-refractivity contribution in [1.29, 1.82) is 5.26 Å². The van der Waals surface area contributed by atoms with E-state index in [4.69, 9.17) is 14.7 Å². The third-order valence-electron chi connectivity index (χ3n) is 4.31. The molecule has 138 valence electrons. The molecule has 2 aromatic carbocycles. The lowest BCUT2D eigenvalue weighted by Crippen LogP contribution is -2.23. The van der Waals surface area contributed by atoms with Gasteiger partial charge in [0.2, 0.25) is 5.91 Å². The van der Waals surface area contributed by atoms with Gasteiger partial charge in [-0.15, -0.1) is 0 Å². The molecule has 3 rings (SSSR count). The van der Waals surface area contributed by atoms with Crippen molar-refractivity contribution in [3.8, 4) is 17.6 Å². The summed E-state index contributed by atoms with van der Waals surface area (Å²) in [6.07, 6.45) is 1.51. The summed E-state index contributed by atoms with van der Waals surface area (Å²) in [5, 5.41) is 8.99. The van der Waals surface area contributed by atoms with Gasteiger partial charge in [-0.05, 0) is 43.2 Å². The summed E-state index contributed by atoms with van der Waals surface area (Å²) in [7, 11) is 0. The first-order valence-electron chi connectivity index (χ1n) is 8.86. The zero-order chi connectivity index (χ0) is 19.2. The number of benzene rings is 2. The fourth-order valence-corrected chi connectivity index (χ4v) is 2.93. The van der Waals surface area contributed by atoms with Crippen LogP contribution in [-0.4, -0.2) is 29.9 Å². The number of nitrogens with zero attached hydrogens (tertiary/aromatic N) is 2. The Balaban J connectivity index is 1.69. The van der Waals surface area contributed by atoms with E-state index >= 15 is 0 Å². The molecule has 0 bridgehead atoms. The van der Waals surface area contributed by atoms with Gasteiger partial charge < -0.3 is 14.4 Å². The van der Waals surface area contributed by atoms with E-state index < -0.39 is 5.97 Å². The number of likely N-dealkylation sites (tertiary alicyclic amines) is 1. The smallest absolute Gasteiger partial charge is 0.343 e. The van der Waals surface area contributed by atoms with E-state index in [0.717, 1.165) is 18.5 Å². The van der Waals surface area contributed by atoms with Crippen molar-refractivity contribution in [1.82, 2.24) is 4.90 Å². The summed E-state index contributed by atoms with van der Waals surface area (Å²) in [5.74, 6) is 0.286. The van der Waals surface area contributed by atoms with Crippen LogP contribution in [0.4, 0.5) is 0 Å². The summed E-state index contributed by atoms with van der Waals surface area (Å²) in [5.41, 5.74) is 1.80. The van der Waals surface area contributed by atoms with Crippen LogP contribution in [0, 0.1) is 11.3 Å². The van der Waals surface area contributed by atoms with Crippen molar-refractivity contribution in [3.05, 3.63) is 59.2 Å². The highest BCUT2D eigenvalue weighted by atomic mass is 16.6. The van der Waals surface area contributed by atoms with Gasteiger partial charge in [0.1, 0.15) is 0 Å². The first kappa shape index (κ1) is 18.5. The zero-order valence-corrected chi connectivity index (χ0v) is 15.1. The van der Waals surface area contributed by atoms with E-state index in [0.29, 0.717) is 36.4 Å². The van der Waals surface area contributed by atoms with Crippen LogP contribution in [0.1, 0.15) is 41.3 Å². The quantitative estimate of drug-likeness (QED) is 0.580. The molecule has 0 unspecified atom stereocenters. The fourth-order valence-electron chi connectivity index (χ4n) is 2.93. The van der Waals surface area contributed by atoms with Gasteiger partial charge in [0.25, 0.3) is 0 Å². The third kappa shape index (κ3) is 4.45. The van der Waals surface area contributed by atoms with Crippen molar-refractivity contribution in [2.24, 2.45) is 0 Å². The van der Waals surface area contributed by atoms with Gasteiger partial charge in [-0.1, -0.05) is 12.1 Å². The van der Waals surface area contributed by atoms with Crippen LogP contribution in [0.5, 0.6) is 11.5 Å². The molecule has 1 heterocycles. The second kappa shape index (κ2) is 8.37. The standard InChI is InChI=1S/C21H20N2O4/c1-2-26-19-12-16(13-22)7-10-18(19)27-21(25)17-8-5-15(6-9-17)14-23-11-3-4-20(23)24/h5-10,12H,2-4,11,14H2,1H3. The van der Waals surface area contributed by atoms with Crippen molar-refractivity contribution in [2.75, 3.05) is 13.2 Å². The number of amides is 1. The molecule has 27 heavy (non-hydrogen) atoms. The molecule has 0 aliphatic carbocycles. The van der Waals surface area contributed by atoms with Crippen LogP contribution in [0.25, 0.3) is 0 Å². The highest BCUT2D eigenvalue weighted by Gasteiger charge is 2.20. The van der Waals surface area contributed by atoms with Gasteiger partial charge in [-0.2, -0.15) is 5.26 Å². The average Bonchev–Trinajstić information content (AvgIpc) is 3.08. The van der Waals surface area contributed by atoms with Gasteiger partial charge in [-0.25, -0.2) is 4.79 Å². The molecule has 0 saturated carbocycles. The van der Waals surface area contributed by atoms with Gasteiger partial charge in [0.05, 0.1) is 23.8 Å². The molecule has 0 N–H and O–H groups in total. The SMILES string of the molecule is CCOc1cc(C#N)ccc1OC(=O)c1ccc(CN2CCCC2=O)cc1. The van der Waals surface area contributed by atoms with Crippen LogP contribution in [0.2, 0.25) is 0 Å². The maximum absolute atomic E-state index is 12.4. The number of hydrogen-bond acceptors (Lipinski definition) is 5. The number of rotatable bonds is 6. The molecule has 6 heteroatoms. The molecule has 1 fully saturated rings. The minimum absolute atomic E-state index is 0.169. The molecule has 1 saturated heterocycles. The van der Waals surface area contributed by atoms with Gasteiger partial charge in [0.15, 0.2) is 11.5 Å². The van der Waals surface area contributed by atoms with E-state index in [1.165, 1.54) is 0 Å². The van der Waals surface area contributed by atoms with E-state index in [-0.39, 0.29) is 11.7 Å². The Hall–Kier alpha value is -3.33. The number of hydrogen-bond donors (Lipinski definition) is 0. The number of carbonyl (C=O) groups is 2. The van der Waals surface area contributed by atoms with Crippen LogP contribution in [0.15, 0.2) is 42.5 Å². The molecular formula is C21H20N2O4. The molecule has 6 nitrogen and oxygen atoms in total. The lowest BCUT2D eigenvalue weighted by molar-refractivity contribution is -0.128. The molecule has 1 aliphatic heterocycles. The zero-order valence-electron chi connectivity index (χ0n) is 15.1. The summed E-state index contributed by atoms with van der Waals surface area (Å²) >= 11 is 0. The van der Waals surface area contributed by atoms with E-state index in [2.05, 4.69) is 0 Å². The first-order chi connectivity index (χ1) is 13.1. The molecule has 0 atom stereocenters. The van der Waals surface area contributed by atoms with Gasteiger partial charge in [-0.3, -0.25) is 4.79 Å². The predicted molar refractivity (Wildman–Crippen MR) is 98.4 cm³/mol. The summed E-state index contributed by atoms with van der Waals surface area (Å²) in [4.78, 5) is 26.0. The predicted octanol–water partition coefficient (Wildman–Crippen LogP) is 3.30. The van der Waals surface area contributed by atoms with E-state index in [1.807, 2.05) is 30.0 Å². The fraction of sp³-hybridized carbons (Fsp3) is 0.286. The molecule has 2 aromatic rings. The van der Waals surface area contributed by atoms with Crippen molar-refractivity contribution in [3.63, 3.8) is 0 Å². The molecule has 0 spiro atoms. The number of nitriles is 1. The van der Waals surface area contributed by atoms with E-state index in [1.54, 1.807) is 30.3 Å². The first-order valence-corrected chi connectivity index (χ1v) is 8.86. The molecular weight excluding hydrogens is 344 g/mol. The maximum Gasteiger partial charge on any atom is 0.343 e. The molecule has 1 amide bonds. The Bertz CT molecular complexity index is 884. The second-order valence-corrected chi connectivity index (χ2v) is 6.21. The largest absolute Gasteiger partial charge is 0.490 e. The van der Waals surface area contributed by atoms with Crippen molar-refractivity contribution in [2.45, 2.75) is 26.3 Å². The molecule has 1 aliphatic rings. The van der Waals surface area contributed by atoms with Crippen molar-refractivity contribution >= 4 is 11.9 Å². The van der Waals surface area contributed by atoms with Crippen LogP contribution >= 0.6 is 0 Å². The number of esters is 1. The Morgan fingerprint density at radius 3 is 2.59 bits per heavy atom. The Morgan fingerprint density at radius 1 is 1.19 bits per heavy atom. The Kier molecular flexibility index (Phi) is 5.72. The summed E-state index contributed by atoms with van der Waals surface area (Å²) in [6, 6.07) is 13.7. The van der Waals surface area contributed by atoms with Crippen LogP contribution in [0.3, 0.4) is 0 Å². The highest BCUT2D eigenvalue weighted by molar-refractivity contribution is 5.91. The minimum Gasteiger partial charge on any atom is -0.490 e. The molecule has 0 radical (unpaired) electrons. The van der Waals surface area contributed by atoms with E-state index in [9.17, 15) is 9.59 Å². The monoisotopic (exact) mass is 364 g/mol. The number of ether oxygens (including phenoxy) is 2. The second-order valence-electron chi connectivity index (χ2n) is 6.21. The third-order valence-corrected chi connectivity index (χ3v) is 4.31. The maximum atomic E-state index is 12.4. The van der Waals surface area contributed by atoms with Crippen LogP contribution in [-0.2, 0) is 11.3 Å². The molecule has 0 aromatic heterocycles. The summed E-state index contributed by atoms with van der Waals surface area (Å²) < 4.78 is 10.9. The lowest BCUT2D eigenvalue weighted by Gasteiger charge is -2.15. The van der Waals surface area contributed by atoms with Crippen molar-refractivity contribution < 1.29 is 19.1 Å². The Labute approximate surface area is 157 Å². The lowest BCUT2D eigenvalue weighted by atomic mass is 10.1. The average molecular weight is 364 g/mol. The highest BCUT2D eigenvalue weighted by Crippen LogP contribution is 2.29. The summed E-state index contributed by atoms with van der Waals surface area (Å²) in [6.45, 7) is 3.54. The van der Waals surface area contributed by atoms with Crippen LogP contribution < -0.4 is 9.47 Å². The van der Waals surface area contributed by atoms with Gasteiger partial charge in [0, 0.05) is 25.6 Å². The normalized spacial score (nSPS) is 13.3. The topological polar surface area (TPSA) is 79.6 Å². The van der Waals surface area contributed by atoms with Gasteiger partial charge >= 0.3 is 5.97 Å².